The number of hydrogen-bond donors (Lipinski definition) is 0. The predicted molar refractivity (Wildman–Crippen MR) is 117 cm³/mol. The summed E-state index contributed by atoms with van der Waals surface area (Å²) in [5.74, 6) is 1.27. The van der Waals surface area contributed by atoms with Crippen molar-refractivity contribution < 1.29 is 9.47 Å². The van der Waals surface area contributed by atoms with Gasteiger partial charge in [0.2, 0.25) is 0 Å². The summed E-state index contributed by atoms with van der Waals surface area (Å²) in [6.45, 7) is 4.47. The Balaban J connectivity index is 1.76. The van der Waals surface area contributed by atoms with Crippen molar-refractivity contribution in [2.45, 2.75) is 20.5 Å². The van der Waals surface area contributed by atoms with Gasteiger partial charge in [-0.3, -0.25) is 4.99 Å². The van der Waals surface area contributed by atoms with Crippen molar-refractivity contribution in [1.29, 1.82) is 0 Å². The molecule has 0 aliphatic rings. The van der Waals surface area contributed by atoms with Gasteiger partial charge in [-0.05, 0) is 66.9 Å². The zero-order valence-electron chi connectivity index (χ0n) is 16.0. The molecular formula is C23H21Cl2NO2. The Labute approximate surface area is 175 Å². The second-order valence-electron chi connectivity index (χ2n) is 6.41. The highest BCUT2D eigenvalue weighted by molar-refractivity contribution is 6.35. The van der Waals surface area contributed by atoms with E-state index in [0.29, 0.717) is 28.2 Å². The fourth-order valence-electron chi connectivity index (χ4n) is 2.70. The van der Waals surface area contributed by atoms with Gasteiger partial charge in [0.15, 0.2) is 11.5 Å². The Kier molecular flexibility index (Phi) is 6.61. The Morgan fingerprint density at radius 2 is 1.79 bits per heavy atom. The van der Waals surface area contributed by atoms with Gasteiger partial charge >= 0.3 is 0 Å². The number of aliphatic imine (C=N–C) groups is 1. The monoisotopic (exact) mass is 413 g/mol. The van der Waals surface area contributed by atoms with E-state index in [-0.39, 0.29) is 0 Å². The van der Waals surface area contributed by atoms with Crippen LogP contribution in [0.1, 0.15) is 22.3 Å². The molecule has 3 aromatic carbocycles. The molecule has 0 saturated carbocycles. The van der Waals surface area contributed by atoms with E-state index in [2.05, 4.69) is 24.9 Å². The molecule has 0 aliphatic carbocycles. The second kappa shape index (κ2) is 9.13. The van der Waals surface area contributed by atoms with Gasteiger partial charge in [-0.2, -0.15) is 0 Å². The third kappa shape index (κ3) is 4.86. The van der Waals surface area contributed by atoms with Crippen LogP contribution in [-0.4, -0.2) is 13.3 Å². The molecule has 0 heterocycles. The van der Waals surface area contributed by atoms with Gasteiger partial charge in [-0.25, -0.2) is 0 Å². The summed E-state index contributed by atoms with van der Waals surface area (Å²) in [4.78, 5) is 4.60. The molecule has 0 spiro atoms. The summed E-state index contributed by atoms with van der Waals surface area (Å²) in [5, 5.41) is 1.17. The van der Waals surface area contributed by atoms with E-state index in [4.69, 9.17) is 32.7 Å². The van der Waals surface area contributed by atoms with E-state index in [1.54, 1.807) is 19.2 Å². The SMILES string of the molecule is COc1cc(C=Nc2cccc(C)c2C)ccc1OCc1ccc(Cl)cc1Cl. The number of halogens is 2. The first kappa shape index (κ1) is 20.2. The summed E-state index contributed by atoms with van der Waals surface area (Å²) in [5.41, 5.74) is 5.13. The highest BCUT2D eigenvalue weighted by Crippen LogP contribution is 2.30. The number of aryl methyl sites for hydroxylation is 1. The molecule has 3 aromatic rings. The number of methoxy groups -OCH3 is 1. The summed E-state index contributed by atoms with van der Waals surface area (Å²) >= 11 is 12.1. The maximum Gasteiger partial charge on any atom is 0.161 e. The molecule has 0 radical (unpaired) electrons. The second-order valence-corrected chi connectivity index (χ2v) is 7.26. The van der Waals surface area contributed by atoms with Gasteiger partial charge in [-0.1, -0.05) is 41.4 Å². The molecule has 28 heavy (non-hydrogen) atoms. The molecule has 144 valence electrons. The standard InChI is InChI=1S/C23H21Cl2NO2/c1-15-5-4-6-21(16(15)2)26-13-17-7-10-22(23(11-17)27-3)28-14-18-8-9-19(24)12-20(18)25/h4-13H,14H2,1-3H3. The molecule has 3 rings (SSSR count). The van der Waals surface area contributed by atoms with Gasteiger partial charge < -0.3 is 9.47 Å². The smallest absolute Gasteiger partial charge is 0.161 e. The number of rotatable bonds is 6. The topological polar surface area (TPSA) is 30.8 Å². The van der Waals surface area contributed by atoms with E-state index in [0.717, 1.165) is 16.8 Å². The van der Waals surface area contributed by atoms with Crippen LogP contribution in [0.15, 0.2) is 59.6 Å². The number of benzene rings is 3. The van der Waals surface area contributed by atoms with E-state index >= 15 is 0 Å². The highest BCUT2D eigenvalue weighted by atomic mass is 35.5. The van der Waals surface area contributed by atoms with Crippen molar-refractivity contribution in [3.05, 3.63) is 86.9 Å². The van der Waals surface area contributed by atoms with E-state index < -0.39 is 0 Å². The third-order valence-electron chi connectivity index (χ3n) is 4.51. The van der Waals surface area contributed by atoms with Gasteiger partial charge in [0.1, 0.15) is 6.61 Å². The summed E-state index contributed by atoms with van der Waals surface area (Å²) in [6, 6.07) is 17.1. The Morgan fingerprint density at radius 3 is 2.54 bits per heavy atom. The molecule has 0 saturated heterocycles. The van der Waals surface area contributed by atoms with Crippen molar-refractivity contribution >= 4 is 35.1 Å². The molecular weight excluding hydrogens is 393 g/mol. The minimum atomic E-state index is 0.322. The maximum absolute atomic E-state index is 6.20. The summed E-state index contributed by atoms with van der Waals surface area (Å²) < 4.78 is 11.4. The predicted octanol–water partition coefficient (Wildman–Crippen LogP) is 6.95. The molecule has 0 aromatic heterocycles. The van der Waals surface area contributed by atoms with Gasteiger partial charge in [0.05, 0.1) is 12.8 Å². The van der Waals surface area contributed by atoms with Crippen molar-refractivity contribution in [1.82, 2.24) is 0 Å². The molecule has 0 bridgehead atoms. The molecule has 0 unspecified atom stereocenters. The van der Waals surface area contributed by atoms with Crippen LogP contribution in [0.25, 0.3) is 0 Å². The first-order chi connectivity index (χ1) is 13.5. The molecule has 0 amide bonds. The minimum Gasteiger partial charge on any atom is -0.493 e. The Hall–Kier alpha value is -2.49. The van der Waals surface area contributed by atoms with Gasteiger partial charge in [-0.15, -0.1) is 0 Å². The molecule has 0 atom stereocenters. The lowest BCUT2D eigenvalue weighted by atomic mass is 10.1. The Bertz CT molecular complexity index is 1020. The van der Waals surface area contributed by atoms with E-state index in [1.807, 2.05) is 42.6 Å². The highest BCUT2D eigenvalue weighted by Gasteiger charge is 2.08. The molecule has 0 N–H and O–H groups in total. The van der Waals surface area contributed by atoms with Crippen LogP contribution in [-0.2, 0) is 6.61 Å². The lowest BCUT2D eigenvalue weighted by molar-refractivity contribution is 0.284. The van der Waals surface area contributed by atoms with Crippen molar-refractivity contribution in [2.24, 2.45) is 4.99 Å². The summed E-state index contributed by atoms with van der Waals surface area (Å²) in [6.07, 6.45) is 1.82. The van der Waals surface area contributed by atoms with Gasteiger partial charge in [0, 0.05) is 21.8 Å². The van der Waals surface area contributed by atoms with Crippen LogP contribution < -0.4 is 9.47 Å². The van der Waals surface area contributed by atoms with Crippen LogP contribution >= 0.6 is 23.2 Å². The number of hydrogen-bond acceptors (Lipinski definition) is 3. The normalized spacial score (nSPS) is 11.0. The van der Waals surface area contributed by atoms with Crippen LogP contribution in [0.2, 0.25) is 10.0 Å². The first-order valence-corrected chi connectivity index (χ1v) is 9.58. The van der Waals surface area contributed by atoms with Crippen LogP contribution in [0, 0.1) is 13.8 Å². The zero-order valence-corrected chi connectivity index (χ0v) is 17.5. The Morgan fingerprint density at radius 1 is 0.964 bits per heavy atom. The number of nitrogens with zero attached hydrogens (tertiary/aromatic N) is 1. The van der Waals surface area contributed by atoms with Crippen molar-refractivity contribution in [3.63, 3.8) is 0 Å². The van der Waals surface area contributed by atoms with E-state index in [1.165, 1.54) is 11.1 Å². The molecule has 0 fully saturated rings. The lowest BCUT2D eigenvalue weighted by Gasteiger charge is -2.12. The van der Waals surface area contributed by atoms with Crippen LogP contribution in [0.4, 0.5) is 5.69 Å². The largest absolute Gasteiger partial charge is 0.493 e. The quantitative estimate of drug-likeness (QED) is 0.409. The number of ether oxygens (including phenoxy) is 2. The van der Waals surface area contributed by atoms with Crippen molar-refractivity contribution in [2.75, 3.05) is 7.11 Å². The third-order valence-corrected chi connectivity index (χ3v) is 5.10. The average Bonchev–Trinajstić information content (AvgIpc) is 2.69. The van der Waals surface area contributed by atoms with Crippen LogP contribution in [0.3, 0.4) is 0 Å². The zero-order chi connectivity index (χ0) is 20.1. The molecule has 3 nitrogen and oxygen atoms in total. The first-order valence-electron chi connectivity index (χ1n) is 8.83. The van der Waals surface area contributed by atoms with Crippen molar-refractivity contribution in [3.8, 4) is 11.5 Å². The molecule has 5 heteroatoms. The fraction of sp³-hybridized carbons (Fsp3) is 0.174. The van der Waals surface area contributed by atoms with Gasteiger partial charge in [0.25, 0.3) is 0 Å². The van der Waals surface area contributed by atoms with Crippen LogP contribution in [0.5, 0.6) is 11.5 Å². The van der Waals surface area contributed by atoms with E-state index in [9.17, 15) is 0 Å². The fourth-order valence-corrected chi connectivity index (χ4v) is 3.16. The molecule has 0 aliphatic heterocycles. The minimum absolute atomic E-state index is 0.322. The summed E-state index contributed by atoms with van der Waals surface area (Å²) in [7, 11) is 1.61. The average molecular weight is 414 g/mol. The lowest BCUT2D eigenvalue weighted by Crippen LogP contribution is -1.99. The maximum atomic E-state index is 6.20.